The number of nitrogens with one attached hydrogen (secondary N) is 1. The highest BCUT2D eigenvalue weighted by molar-refractivity contribution is 7.89. The lowest BCUT2D eigenvalue weighted by molar-refractivity contribution is -0.130. The van der Waals surface area contributed by atoms with Crippen molar-refractivity contribution in [1.82, 2.24) is 19.4 Å². The standard InChI is InChI=1S/C13H26N4O3S.ClH/c1-3-21(19,20)15(2)11-13(18)17-7-4-12(10-17)16-8-5-14-6-9-16;/h12,14H,3-11H2,1-2H3;1H. The van der Waals surface area contributed by atoms with Crippen molar-refractivity contribution in [2.75, 3.05) is 58.6 Å². The summed E-state index contributed by atoms with van der Waals surface area (Å²) in [4.78, 5) is 16.5. The Morgan fingerprint density at radius 3 is 2.50 bits per heavy atom. The van der Waals surface area contributed by atoms with E-state index < -0.39 is 10.0 Å². The number of hydrogen-bond acceptors (Lipinski definition) is 5. The zero-order valence-electron chi connectivity index (χ0n) is 13.3. The first-order chi connectivity index (χ1) is 9.94. The van der Waals surface area contributed by atoms with Gasteiger partial charge in [-0.25, -0.2) is 8.42 Å². The van der Waals surface area contributed by atoms with Crippen molar-refractivity contribution in [2.45, 2.75) is 19.4 Å². The van der Waals surface area contributed by atoms with Crippen LogP contribution in [0.25, 0.3) is 0 Å². The predicted molar refractivity (Wildman–Crippen MR) is 88.8 cm³/mol. The number of likely N-dealkylation sites (N-methyl/N-ethyl adjacent to an activating group) is 1. The summed E-state index contributed by atoms with van der Waals surface area (Å²) < 4.78 is 24.6. The van der Waals surface area contributed by atoms with Crippen LogP contribution in [-0.4, -0.2) is 93.1 Å². The average molecular weight is 355 g/mol. The second kappa shape index (κ2) is 8.44. The van der Waals surface area contributed by atoms with E-state index >= 15 is 0 Å². The number of carbonyl (C=O) groups is 1. The summed E-state index contributed by atoms with van der Waals surface area (Å²) in [6.07, 6.45) is 0.982. The molecule has 2 rings (SSSR count). The van der Waals surface area contributed by atoms with Crippen molar-refractivity contribution >= 4 is 28.3 Å². The maximum absolute atomic E-state index is 12.2. The summed E-state index contributed by atoms with van der Waals surface area (Å²) in [5.41, 5.74) is 0. The van der Waals surface area contributed by atoms with Gasteiger partial charge in [-0.05, 0) is 13.3 Å². The Morgan fingerprint density at radius 2 is 1.91 bits per heavy atom. The van der Waals surface area contributed by atoms with Gasteiger partial charge in [-0.3, -0.25) is 9.69 Å². The normalized spacial score (nSPS) is 23.6. The lowest BCUT2D eigenvalue weighted by atomic mass is 10.2. The SMILES string of the molecule is CCS(=O)(=O)N(C)CC(=O)N1CCC(N2CCNCC2)C1.Cl. The number of rotatable bonds is 5. The fourth-order valence-corrected chi connectivity index (χ4v) is 3.67. The highest BCUT2D eigenvalue weighted by Gasteiger charge is 2.32. The first-order valence-electron chi connectivity index (χ1n) is 7.60. The summed E-state index contributed by atoms with van der Waals surface area (Å²) in [7, 11) is -1.82. The summed E-state index contributed by atoms with van der Waals surface area (Å²) in [6.45, 7) is 7.04. The topological polar surface area (TPSA) is 73.0 Å². The second-order valence-corrected chi connectivity index (χ2v) is 8.09. The van der Waals surface area contributed by atoms with E-state index in [1.165, 1.54) is 7.05 Å². The van der Waals surface area contributed by atoms with Crippen LogP contribution in [-0.2, 0) is 14.8 Å². The summed E-state index contributed by atoms with van der Waals surface area (Å²) in [5, 5.41) is 3.33. The van der Waals surface area contributed by atoms with Gasteiger partial charge in [0.05, 0.1) is 12.3 Å². The van der Waals surface area contributed by atoms with Crippen LogP contribution in [0.4, 0.5) is 0 Å². The van der Waals surface area contributed by atoms with E-state index in [-0.39, 0.29) is 30.6 Å². The van der Waals surface area contributed by atoms with Gasteiger partial charge in [-0.15, -0.1) is 12.4 Å². The van der Waals surface area contributed by atoms with Crippen LogP contribution in [0.1, 0.15) is 13.3 Å². The van der Waals surface area contributed by atoms with Crippen molar-refractivity contribution in [3.8, 4) is 0 Å². The van der Waals surface area contributed by atoms with Crippen LogP contribution in [0.3, 0.4) is 0 Å². The number of nitrogens with zero attached hydrogens (tertiary/aromatic N) is 3. The van der Waals surface area contributed by atoms with Crippen LogP contribution >= 0.6 is 12.4 Å². The largest absolute Gasteiger partial charge is 0.340 e. The highest BCUT2D eigenvalue weighted by atomic mass is 35.5. The smallest absolute Gasteiger partial charge is 0.237 e. The molecule has 1 amide bonds. The number of piperazine rings is 1. The third kappa shape index (κ3) is 4.79. The Morgan fingerprint density at radius 1 is 1.27 bits per heavy atom. The minimum atomic E-state index is -3.29. The molecule has 130 valence electrons. The molecule has 0 aromatic carbocycles. The zero-order valence-corrected chi connectivity index (χ0v) is 15.0. The van der Waals surface area contributed by atoms with E-state index in [1.54, 1.807) is 11.8 Å². The van der Waals surface area contributed by atoms with Gasteiger partial charge < -0.3 is 10.2 Å². The molecule has 0 spiro atoms. The molecule has 9 heteroatoms. The first-order valence-corrected chi connectivity index (χ1v) is 9.21. The van der Waals surface area contributed by atoms with Crippen LogP contribution in [0, 0.1) is 0 Å². The van der Waals surface area contributed by atoms with Gasteiger partial charge in [-0.1, -0.05) is 0 Å². The summed E-state index contributed by atoms with van der Waals surface area (Å²) in [5.74, 6) is -0.0626. The molecular formula is C13H27ClN4O3S. The predicted octanol–water partition coefficient (Wildman–Crippen LogP) is -0.804. The molecule has 0 radical (unpaired) electrons. The van der Waals surface area contributed by atoms with Gasteiger partial charge in [-0.2, -0.15) is 4.31 Å². The molecule has 2 heterocycles. The third-order valence-corrected chi connectivity index (χ3v) is 6.19. The second-order valence-electron chi connectivity index (χ2n) is 5.72. The van der Waals surface area contributed by atoms with Gasteiger partial charge in [0.1, 0.15) is 0 Å². The molecule has 2 aliphatic heterocycles. The van der Waals surface area contributed by atoms with E-state index in [0.717, 1.165) is 50.0 Å². The Hall–Kier alpha value is -0.410. The van der Waals surface area contributed by atoms with E-state index in [1.807, 2.05) is 0 Å². The van der Waals surface area contributed by atoms with Crippen molar-refractivity contribution < 1.29 is 13.2 Å². The van der Waals surface area contributed by atoms with Gasteiger partial charge in [0.2, 0.25) is 15.9 Å². The van der Waals surface area contributed by atoms with Gasteiger partial charge in [0.25, 0.3) is 0 Å². The molecule has 1 atom stereocenters. The molecule has 2 fully saturated rings. The summed E-state index contributed by atoms with van der Waals surface area (Å²) in [6, 6.07) is 0.420. The van der Waals surface area contributed by atoms with Crippen molar-refractivity contribution in [1.29, 1.82) is 0 Å². The fourth-order valence-electron chi connectivity index (χ4n) is 2.92. The van der Waals surface area contributed by atoms with Gasteiger partial charge in [0.15, 0.2) is 0 Å². The van der Waals surface area contributed by atoms with E-state index in [4.69, 9.17) is 0 Å². The zero-order chi connectivity index (χ0) is 15.5. The van der Waals surface area contributed by atoms with E-state index in [2.05, 4.69) is 10.2 Å². The third-order valence-electron chi connectivity index (χ3n) is 4.38. The van der Waals surface area contributed by atoms with Gasteiger partial charge in [0, 0.05) is 52.4 Å². The van der Waals surface area contributed by atoms with Crippen LogP contribution in [0.2, 0.25) is 0 Å². The molecule has 2 saturated heterocycles. The fraction of sp³-hybridized carbons (Fsp3) is 0.923. The Bertz CT molecular complexity index is 468. The lowest BCUT2D eigenvalue weighted by Gasteiger charge is -2.32. The molecule has 22 heavy (non-hydrogen) atoms. The molecular weight excluding hydrogens is 328 g/mol. The molecule has 0 aromatic rings. The van der Waals surface area contributed by atoms with Gasteiger partial charge >= 0.3 is 0 Å². The monoisotopic (exact) mass is 354 g/mol. The highest BCUT2D eigenvalue weighted by Crippen LogP contribution is 2.16. The van der Waals surface area contributed by atoms with Crippen LogP contribution in [0.5, 0.6) is 0 Å². The maximum atomic E-state index is 12.2. The number of halogens is 1. The van der Waals surface area contributed by atoms with Crippen molar-refractivity contribution in [3.63, 3.8) is 0 Å². The Labute approximate surface area is 139 Å². The van der Waals surface area contributed by atoms with Crippen molar-refractivity contribution in [2.24, 2.45) is 0 Å². The number of amides is 1. The maximum Gasteiger partial charge on any atom is 0.237 e. The molecule has 0 aliphatic carbocycles. The van der Waals surface area contributed by atoms with E-state index in [0.29, 0.717) is 6.04 Å². The van der Waals surface area contributed by atoms with Crippen LogP contribution < -0.4 is 5.32 Å². The van der Waals surface area contributed by atoms with Crippen LogP contribution in [0.15, 0.2) is 0 Å². The minimum Gasteiger partial charge on any atom is -0.340 e. The molecule has 0 bridgehead atoms. The quantitative estimate of drug-likeness (QED) is 0.699. The van der Waals surface area contributed by atoms with E-state index in [9.17, 15) is 13.2 Å². The molecule has 2 aliphatic rings. The Kier molecular flexibility index (Phi) is 7.54. The lowest BCUT2D eigenvalue weighted by Crippen LogP contribution is -2.49. The number of likely N-dealkylation sites (tertiary alicyclic amines) is 1. The number of sulfonamides is 1. The molecule has 0 saturated carbocycles. The molecule has 1 N–H and O–H groups in total. The number of hydrogen-bond donors (Lipinski definition) is 1. The minimum absolute atomic E-state index is 0. The molecule has 1 unspecified atom stereocenters. The first kappa shape index (κ1) is 19.6. The summed E-state index contributed by atoms with van der Waals surface area (Å²) >= 11 is 0. The average Bonchev–Trinajstić information content (AvgIpc) is 2.98. The molecule has 0 aromatic heterocycles. The molecule has 7 nitrogen and oxygen atoms in total. The number of carbonyl (C=O) groups excluding carboxylic acids is 1. The Balaban J connectivity index is 0.00000242. The van der Waals surface area contributed by atoms with Crippen molar-refractivity contribution in [3.05, 3.63) is 0 Å².